The van der Waals surface area contributed by atoms with Crippen molar-refractivity contribution in [1.29, 1.82) is 5.41 Å². The van der Waals surface area contributed by atoms with Crippen LogP contribution in [0.5, 0.6) is 0 Å². The minimum Gasteiger partial charge on any atom is -0.370 e. The molecule has 5 N–H and O–H groups in total. The van der Waals surface area contributed by atoms with Gasteiger partial charge in [-0.25, -0.2) is 4.98 Å². The summed E-state index contributed by atoms with van der Waals surface area (Å²) in [6, 6.07) is 0.0116. The van der Waals surface area contributed by atoms with E-state index in [2.05, 4.69) is 15.3 Å². The number of nitrogens with zero attached hydrogens (tertiary/aromatic N) is 1. The van der Waals surface area contributed by atoms with Gasteiger partial charge >= 0.3 is 0 Å². The summed E-state index contributed by atoms with van der Waals surface area (Å²) in [6.07, 6.45) is 4.27. The molecule has 5 nitrogen and oxygen atoms in total. The molecule has 0 saturated carbocycles. The Morgan fingerprint density at radius 3 is 3.08 bits per heavy atom. The Kier molecular flexibility index (Phi) is 2.68. The second-order valence-corrected chi connectivity index (χ2v) is 2.49. The molecule has 0 spiro atoms. The molecule has 1 heterocycles. The van der Waals surface area contributed by atoms with Crippen molar-refractivity contribution in [2.45, 2.75) is 19.4 Å². The fourth-order valence-corrected chi connectivity index (χ4v) is 1.02. The summed E-state index contributed by atoms with van der Waals surface area (Å²) in [7, 11) is 0. The van der Waals surface area contributed by atoms with Gasteiger partial charge in [0.15, 0.2) is 5.96 Å². The Balaban J connectivity index is 2.63. The van der Waals surface area contributed by atoms with Crippen molar-refractivity contribution >= 4 is 5.96 Å². The van der Waals surface area contributed by atoms with E-state index < -0.39 is 0 Å². The van der Waals surface area contributed by atoms with E-state index in [0.29, 0.717) is 0 Å². The zero-order valence-electron chi connectivity index (χ0n) is 6.96. The van der Waals surface area contributed by atoms with Crippen LogP contribution in [0.1, 0.15) is 25.2 Å². The van der Waals surface area contributed by atoms with Gasteiger partial charge in [0.05, 0.1) is 6.04 Å². The van der Waals surface area contributed by atoms with Crippen LogP contribution in [0.3, 0.4) is 0 Å². The molecule has 0 aliphatic carbocycles. The number of imidazole rings is 1. The van der Waals surface area contributed by atoms with Gasteiger partial charge in [0.25, 0.3) is 0 Å². The van der Waals surface area contributed by atoms with Gasteiger partial charge in [-0.2, -0.15) is 0 Å². The van der Waals surface area contributed by atoms with E-state index in [1.54, 1.807) is 12.4 Å². The van der Waals surface area contributed by atoms with E-state index >= 15 is 0 Å². The van der Waals surface area contributed by atoms with Crippen LogP contribution >= 0.6 is 0 Å². The molecule has 0 aliphatic rings. The molecule has 1 rings (SSSR count). The zero-order chi connectivity index (χ0) is 8.97. The highest BCUT2D eigenvalue weighted by atomic mass is 15.1. The second-order valence-electron chi connectivity index (χ2n) is 2.49. The summed E-state index contributed by atoms with van der Waals surface area (Å²) in [5.41, 5.74) is 5.21. The topological polar surface area (TPSA) is 90.6 Å². The van der Waals surface area contributed by atoms with Crippen LogP contribution < -0.4 is 11.1 Å². The third-order valence-electron chi connectivity index (χ3n) is 1.59. The third kappa shape index (κ3) is 1.98. The van der Waals surface area contributed by atoms with Gasteiger partial charge in [-0.05, 0) is 6.42 Å². The summed E-state index contributed by atoms with van der Waals surface area (Å²) in [5.74, 6) is 0.783. The lowest BCUT2D eigenvalue weighted by molar-refractivity contribution is 0.588. The average molecular weight is 167 g/mol. The highest BCUT2D eigenvalue weighted by molar-refractivity contribution is 5.74. The lowest BCUT2D eigenvalue weighted by Gasteiger charge is -2.13. The number of aromatic nitrogens is 2. The van der Waals surface area contributed by atoms with Crippen LogP contribution in [0, 0.1) is 5.41 Å². The minimum absolute atomic E-state index is 0.0116. The molecule has 0 aliphatic heterocycles. The van der Waals surface area contributed by atoms with Gasteiger partial charge in [-0.3, -0.25) is 5.41 Å². The van der Waals surface area contributed by atoms with Gasteiger partial charge in [-0.15, -0.1) is 0 Å². The van der Waals surface area contributed by atoms with E-state index in [0.717, 1.165) is 12.2 Å². The number of nitrogens with two attached hydrogens (primary N) is 1. The van der Waals surface area contributed by atoms with Crippen molar-refractivity contribution in [3.8, 4) is 0 Å². The number of rotatable bonds is 3. The summed E-state index contributed by atoms with van der Waals surface area (Å²) in [6.45, 7) is 2.00. The van der Waals surface area contributed by atoms with Crippen molar-refractivity contribution in [2.24, 2.45) is 5.73 Å². The Hall–Kier alpha value is -1.52. The Morgan fingerprint density at radius 2 is 2.67 bits per heavy atom. The van der Waals surface area contributed by atoms with E-state index in [-0.39, 0.29) is 12.0 Å². The molecule has 0 aromatic carbocycles. The second kappa shape index (κ2) is 3.75. The zero-order valence-corrected chi connectivity index (χ0v) is 6.96. The lowest BCUT2D eigenvalue weighted by atomic mass is 10.2. The molecule has 1 aromatic heterocycles. The fourth-order valence-electron chi connectivity index (χ4n) is 1.02. The SMILES string of the molecule is CCC(NC(=N)N)c1ncc[nH]1. The van der Waals surface area contributed by atoms with Crippen LogP contribution in [-0.2, 0) is 0 Å². The maximum absolute atomic E-state index is 7.06. The normalized spacial score (nSPS) is 12.4. The molecular weight excluding hydrogens is 154 g/mol. The molecule has 0 saturated heterocycles. The molecule has 1 unspecified atom stereocenters. The fraction of sp³-hybridized carbons (Fsp3) is 0.429. The maximum Gasteiger partial charge on any atom is 0.186 e. The number of nitrogens with one attached hydrogen (secondary N) is 3. The molecule has 0 bridgehead atoms. The number of aromatic amines is 1. The predicted molar refractivity (Wildman–Crippen MR) is 46.7 cm³/mol. The van der Waals surface area contributed by atoms with Gasteiger partial charge in [0.2, 0.25) is 0 Å². The van der Waals surface area contributed by atoms with Gasteiger partial charge < -0.3 is 16.0 Å². The first kappa shape index (κ1) is 8.58. The van der Waals surface area contributed by atoms with E-state index in [1.807, 2.05) is 6.92 Å². The van der Waals surface area contributed by atoms with Crippen LogP contribution in [0.25, 0.3) is 0 Å². The molecular formula is C7H13N5. The smallest absolute Gasteiger partial charge is 0.186 e. The molecule has 66 valence electrons. The summed E-state index contributed by atoms with van der Waals surface area (Å²) in [5, 5.41) is 9.85. The highest BCUT2D eigenvalue weighted by Crippen LogP contribution is 2.09. The number of hydrogen-bond donors (Lipinski definition) is 4. The van der Waals surface area contributed by atoms with Crippen molar-refractivity contribution in [1.82, 2.24) is 15.3 Å². The van der Waals surface area contributed by atoms with E-state index in [4.69, 9.17) is 11.1 Å². The van der Waals surface area contributed by atoms with Crippen molar-refractivity contribution in [3.63, 3.8) is 0 Å². The summed E-state index contributed by atoms with van der Waals surface area (Å²) in [4.78, 5) is 7.04. The number of hydrogen-bond acceptors (Lipinski definition) is 2. The monoisotopic (exact) mass is 167 g/mol. The third-order valence-corrected chi connectivity index (χ3v) is 1.59. The van der Waals surface area contributed by atoms with E-state index in [9.17, 15) is 0 Å². The predicted octanol–water partition coefficient (Wildman–Crippen LogP) is 0.344. The van der Waals surface area contributed by atoms with Gasteiger partial charge in [0, 0.05) is 12.4 Å². The Morgan fingerprint density at radius 1 is 1.92 bits per heavy atom. The lowest BCUT2D eigenvalue weighted by Crippen LogP contribution is -2.34. The molecule has 1 atom stereocenters. The Labute approximate surface area is 70.9 Å². The molecule has 0 radical (unpaired) electrons. The summed E-state index contributed by atoms with van der Waals surface area (Å²) >= 11 is 0. The largest absolute Gasteiger partial charge is 0.370 e. The van der Waals surface area contributed by atoms with Crippen LogP contribution in [0.4, 0.5) is 0 Å². The molecule has 0 amide bonds. The summed E-state index contributed by atoms with van der Waals surface area (Å²) < 4.78 is 0. The van der Waals surface area contributed by atoms with Gasteiger partial charge in [0.1, 0.15) is 5.82 Å². The molecule has 12 heavy (non-hydrogen) atoms. The molecule has 5 heteroatoms. The van der Waals surface area contributed by atoms with Crippen molar-refractivity contribution in [2.75, 3.05) is 0 Å². The van der Waals surface area contributed by atoms with Crippen molar-refractivity contribution in [3.05, 3.63) is 18.2 Å². The standard InChI is InChI=1S/C7H13N5/c1-2-5(12-7(8)9)6-10-3-4-11-6/h3-5H,2H2,1H3,(H,10,11)(H4,8,9,12). The number of H-pyrrole nitrogens is 1. The van der Waals surface area contributed by atoms with Gasteiger partial charge in [-0.1, -0.05) is 6.92 Å². The maximum atomic E-state index is 7.06. The van der Waals surface area contributed by atoms with Crippen LogP contribution in [0.15, 0.2) is 12.4 Å². The molecule has 1 aromatic rings. The minimum atomic E-state index is -0.0294. The van der Waals surface area contributed by atoms with Crippen molar-refractivity contribution < 1.29 is 0 Å². The first-order valence-electron chi connectivity index (χ1n) is 3.84. The van der Waals surface area contributed by atoms with Crippen LogP contribution in [0.2, 0.25) is 0 Å². The Bertz CT molecular complexity index is 240. The highest BCUT2D eigenvalue weighted by Gasteiger charge is 2.10. The molecule has 0 fully saturated rings. The number of guanidine groups is 1. The quantitative estimate of drug-likeness (QED) is 0.386. The van der Waals surface area contributed by atoms with Crippen LogP contribution in [-0.4, -0.2) is 15.9 Å². The average Bonchev–Trinajstić information content (AvgIpc) is 2.51. The van der Waals surface area contributed by atoms with E-state index in [1.165, 1.54) is 0 Å². The first-order chi connectivity index (χ1) is 5.74. The first-order valence-corrected chi connectivity index (χ1v) is 3.84.